The van der Waals surface area contributed by atoms with Crippen LogP contribution in [0, 0.1) is 5.82 Å². The lowest BCUT2D eigenvalue weighted by Crippen LogP contribution is -2.39. The van der Waals surface area contributed by atoms with Crippen molar-refractivity contribution in [3.8, 4) is 0 Å². The second kappa shape index (κ2) is 6.12. The summed E-state index contributed by atoms with van der Waals surface area (Å²) < 4.78 is 14.6. The van der Waals surface area contributed by atoms with Crippen molar-refractivity contribution in [2.24, 2.45) is 0 Å². The quantitative estimate of drug-likeness (QED) is 0.720. The second-order valence-electron chi connectivity index (χ2n) is 6.17. The summed E-state index contributed by atoms with van der Waals surface area (Å²) in [7, 11) is 0. The van der Waals surface area contributed by atoms with Gasteiger partial charge in [-0.15, -0.1) is 0 Å². The molecule has 0 saturated carbocycles. The van der Waals surface area contributed by atoms with Crippen molar-refractivity contribution in [1.82, 2.24) is 14.5 Å². The molecule has 0 N–H and O–H groups in total. The van der Waals surface area contributed by atoms with Crippen molar-refractivity contribution in [2.45, 2.75) is 19.5 Å². The maximum atomic E-state index is 13.4. The fourth-order valence-corrected chi connectivity index (χ4v) is 3.20. The fraction of sp³-hybridized carbons (Fsp3) is 0.211. The van der Waals surface area contributed by atoms with E-state index in [1.165, 1.54) is 28.6 Å². The van der Waals surface area contributed by atoms with E-state index in [0.29, 0.717) is 18.6 Å². The highest BCUT2D eigenvalue weighted by atomic mass is 19.1. The molecule has 1 aliphatic heterocycles. The smallest absolute Gasteiger partial charge is 0.261 e. The van der Waals surface area contributed by atoms with Gasteiger partial charge in [0.05, 0.1) is 17.2 Å². The molecule has 4 rings (SSSR count). The van der Waals surface area contributed by atoms with Gasteiger partial charge in [-0.1, -0.05) is 24.3 Å². The Morgan fingerprint density at radius 2 is 1.96 bits per heavy atom. The highest BCUT2D eigenvalue weighted by Gasteiger charge is 2.21. The zero-order valence-corrected chi connectivity index (χ0v) is 13.5. The summed E-state index contributed by atoms with van der Waals surface area (Å²) in [5.74, 6) is -0.641. The Balaban J connectivity index is 1.58. The van der Waals surface area contributed by atoms with Crippen LogP contribution in [0.2, 0.25) is 0 Å². The molecule has 0 radical (unpaired) electrons. The maximum Gasteiger partial charge on any atom is 0.261 e. The molecule has 25 heavy (non-hydrogen) atoms. The predicted octanol–water partition coefficient (Wildman–Crippen LogP) is 2.12. The third kappa shape index (κ3) is 2.91. The molecule has 3 aromatic rings. The van der Waals surface area contributed by atoms with Gasteiger partial charge in [0.2, 0.25) is 5.91 Å². The van der Waals surface area contributed by atoms with E-state index in [9.17, 15) is 14.0 Å². The molecule has 6 heteroatoms. The van der Waals surface area contributed by atoms with E-state index in [2.05, 4.69) is 11.1 Å². The van der Waals surface area contributed by atoms with Crippen LogP contribution < -0.4 is 5.56 Å². The number of nitrogens with zero attached hydrogens (tertiary/aromatic N) is 3. The summed E-state index contributed by atoms with van der Waals surface area (Å²) in [5, 5.41) is 0.180. The van der Waals surface area contributed by atoms with Crippen LogP contribution in [0.15, 0.2) is 53.6 Å². The van der Waals surface area contributed by atoms with Gasteiger partial charge in [0.1, 0.15) is 12.4 Å². The Hall–Kier alpha value is -3.02. The largest absolute Gasteiger partial charge is 0.336 e. The van der Waals surface area contributed by atoms with E-state index in [4.69, 9.17) is 0 Å². The van der Waals surface area contributed by atoms with Gasteiger partial charge in [0.25, 0.3) is 5.56 Å². The average molecular weight is 337 g/mol. The first-order valence-corrected chi connectivity index (χ1v) is 8.11. The molecular formula is C19H16FN3O2. The van der Waals surface area contributed by atoms with Gasteiger partial charge in [-0.2, -0.15) is 0 Å². The number of carbonyl (C=O) groups excluding carboxylic acids is 1. The minimum absolute atomic E-state index is 0.0968. The van der Waals surface area contributed by atoms with E-state index in [1.807, 2.05) is 18.2 Å². The minimum Gasteiger partial charge on any atom is -0.336 e. The summed E-state index contributed by atoms with van der Waals surface area (Å²) in [4.78, 5) is 31.0. The fourth-order valence-electron chi connectivity index (χ4n) is 3.20. The molecule has 126 valence electrons. The van der Waals surface area contributed by atoms with Crippen LogP contribution >= 0.6 is 0 Å². The van der Waals surface area contributed by atoms with E-state index >= 15 is 0 Å². The van der Waals surface area contributed by atoms with Gasteiger partial charge >= 0.3 is 0 Å². The Morgan fingerprint density at radius 1 is 1.16 bits per heavy atom. The molecule has 0 bridgehead atoms. The standard InChI is InChI=1S/C19H16FN3O2/c20-15-5-6-17-16(9-15)19(25)23(12-21-17)11-18(24)22-8-7-13-3-1-2-4-14(13)10-22/h1-6,9,12H,7-8,10-11H2. The van der Waals surface area contributed by atoms with Gasteiger partial charge in [0, 0.05) is 13.1 Å². The first-order valence-electron chi connectivity index (χ1n) is 8.11. The molecule has 0 unspecified atom stereocenters. The number of hydrogen-bond acceptors (Lipinski definition) is 3. The third-order valence-corrected chi connectivity index (χ3v) is 4.58. The summed E-state index contributed by atoms with van der Waals surface area (Å²) >= 11 is 0. The molecule has 5 nitrogen and oxygen atoms in total. The molecule has 0 aliphatic carbocycles. The SMILES string of the molecule is O=C(Cn1cnc2ccc(F)cc2c1=O)N1CCc2ccccc2C1. The van der Waals surface area contributed by atoms with Crippen molar-refractivity contribution < 1.29 is 9.18 Å². The number of aromatic nitrogens is 2. The topological polar surface area (TPSA) is 55.2 Å². The lowest BCUT2D eigenvalue weighted by Gasteiger charge is -2.29. The molecule has 0 atom stereocenters. The van der Waals surface area contributed by atoms with E-state index < -0.39 is 11.4 Å². The summed E-state index contributed by atoms with van der Waals surface area (Å²) in [6.07, 6.45) is 2.15. The van der Waals surface area contributed by atoms with Crippen LogP contribution in [0.3, 0.4) is 0 Å². The highest BCUT2D eigenvalue weighted by Crippen LogP contribution is 2.18. The van der Waals surface area contributed by atoms with Crippen LogP contribution in [-0.2, 0) is 24.3 Å². The zero-order valence-electron chi connectivity index (χ0n) is 13.5. The first kappa shape index (κ1) is 15.5. The maximum absolute atomic E-state index is 13.4. The lowest BCUT2D eigenvalue weighted by molar-refractivity contribution is -0.132. The molecule has 2 aromatic carbocycles. The van der Waals surface area contributed by atoms with Crippen molar-refractivity contribution in [3.05, 3.63) is 76.1 Å². The molecule has 1 aliphatic rings. The lowest BCUT2D eigenvalue weighted by atomic mass is 10.00. The molecule has 1 aromatic heterocycles. The average Bonchev–Trinajstić information content (AvgIpc) is 2.64. The van der Waals surface area contributed by atoms with E-state index in [1.54, 1.807) is 4.90 Å². The van der Waals surface area contributed by atoms with Gasteiger partial charge < -0.3 is 4.90 Å². The van der Waals surface area contributed by atoms with Crippen LogP contribution in [0.25, 0.3) is 10.9 Å². The van der Waals surface area contributed by atoms with Gasteiger partial charge in [-0.25, -0.2) is 9.37 Å². The summed E-state index contributed by atoms with van der Waals surface area (Å²) in [5.41, 5.74) is 2.40. The van der Waals surface area contributed by atoms with Crippen LogP contribution in [0.5, 0.6) is 0 Å². The number of rotatable bonds is 2. The Bertz CT molecular complexity index is 1030. The van der Waals surface area contributed by atoms with Crippen LogP contribution in [-0.4, -0.2) is 26.9 Å². The van der Waals surface area contributed by atoms with Gasteiger partial charge in [-0.3, -0.25) is 14.2 Å². The van der Waals surface area contributed by atoms with E-state index in [-0.39, 0.29) is 17.8 Å². The molecule has 1 amide bonds. The van der Waals surface area contributed by atoms with Crippen molar-refractivity contribution in [1.29, 1.82) is 0 Å². The van der Waals surface area contributed by atoms with Crippen molar-refractivity contribution in [2.75, 3.05) is 6.54 Å². The van der Waals surface area contributed by atoms with Crippen molar-refractivity contribution >= 4 is 16.8 Å². The number of benzene rings is 2. The molecule has 0 spiro atoms. The van der Waals surface area contributed by atoms with E-state index in [0.717, 1.165) is 18.1 Å². The number of fused-ring (bicyclic) bond motifs is 2. The van der Waals surface area contributed by atoms with Gasteiger partial charge in [-0.05, 0) is 35.7 Å². The number of hydrogen-bond donors (Lipinski definition) is 0. The third-order valence-electron chi connectivity index (χ3n) is 4.58. The Labute approximate surface area is 143 Å². The molecule has 0 saturated heterocycles. The molecule has 0 fully saturated rings. The molecule has 2 heterocycles. The molecular weight excluding hydrogens is 321 g/mol. The monoisotopic (exact) mass is 337 g/mol. The highest BCUT2D eigenvalue weighted by molar-refractivity contribution is 5.79. The number of halogens is 1. The summed E-state index contributed by atoms with van der Waals surface area (Å²) in [6.45, 7) is 1.07. The van der Waals surface area contributed by atoms with Crippen LogP contribution in [0.1, 0.15) is 11.1 Å². The van der Waals surface area contributed by atoms with Crippen LogP contribution in [0.4, 0.5) is 4.39 Å². The normalized spacial score (nSPS) is 13.7. The Kier molecular flexibility index (Phi) is 3.80. The summed E-state index contributed by atoms with van der Waals surface area (Å²) in [6, 6.07) is 11.9. The van der Waals surface area contributed by atoms with Gasteiger partial charge in [0.15, 0.2) is 0 Å². The zero-order chi connectivity index (χ0) is 17.4. The second-order valence-corrected chi connectivity index (χ2v) is 6.17. The first-order chi connectivity index (χ1) is 12.1. The number of carbonyl (C=O) groups is 1. The van der Waals surface area contributed by atoms with Crippen molar-refractivity contribution in [3.63, 3.8) is 0 Å². The number of amides is 1. The minimum atomic E-state index is -0.497. The predicted molar refractivity (Wildman–Crippen MR) is 91.5 cm³/mol. The Morgan fingerprint density at radius 3 is 2.80 bits per heavy atom.